The van der Waals surface area contributed by atoms with Crippen molar-refractivity contribution in [3.05, 3.63) is 59.8 Å². The maximum absolute atomic E-state index is 13.6. The number of esters is 1. The number of carbonyl (C=O) groups excluding carboxylic acids is 2. The van der Waals surface area contributed by atoms with Gasteiger partial charge in [0.2, 0.25) is 5.88 Å². The van der Waals surface area contributed by atoms with E-state index in [9.17, 15) is 9.59 Å². The third-order valence-corrected chi connectivity index (χ3v) is 6.30. The van der Waals surface area contributed by atoms with Gasteiger partial charge in [0.05, 0.1) is 18.6 Å². The summed E-state index contributed by atoms with van der Waals surface area (Å²) in [5, 5.41) is 0. The Hall–Kier alpha value is -2.89. The number of ether oxygens (including phenoxy) is 2. The highest BCUT2D eigenvalue weighted by molar-refractivity contribution is 5.98. The van der Waals surface area contributed by atoms with Crippen molar-refractivity contribution in [1.29, 1.82) is 0 Å². The molecule has 4 rings (SSSR count). The smallest absolute Gasteiger partial charge is 0.314 e. The summed E-state index contributed by atoms with van der Waals surface area (Å²) in [5.41, 5.74) is 0.821. The van der Waals surface area contributed by atoms with E-state index in [1.54, 1.807) is 18.3 Å². The third-order valence-electron chi connectivity index (χ3n) is 6.30. The molecule has 3 heterocycles. The fourth-order valence-corrected chi connectivity index (χ4v) is 5.15. The Balaban J connectivity index is 1.69. The zero-order valence-corrected chi connectivity index (χ0v) is 17.5. The minimum atomic E-state index is -0.718. The number of rotatable bonds is 7. The van der Waals surface area contributed by atoms with E-state index in [2.05, 4.69) is 4.98 Å². The molecule has 2 aliphatic rings. The lowest BCUT2D eigenvalue weighted by molar-refractivity contribution is -0.157. The van der Waals surface area contributed by atoms with Gasteiger partial charge in [-0.25, -0.2) is 4.98 Å². The molecule has 0 aliphatic carbocycles. The minimum absolute atomic E-state index is 0.0188. The summed E-state index contributed by atoms with van der Waals surface area (Å²) in [6.07, 6.45) is 4.52. The molecule has 6 nitrogen and oxygen atoms in total. The third kappa shape index (κ3) is 3.44. The highest BCUT2D eigenvalue weighted by atomic mass is 16.5. The summed E-state index contributed by atoms with van der Waals surface area (Å²) in [6, 6.07) is 13.3. The second-order valence-electron chi connectivity index (χ2n) is 7.99. The normalized spacial score (nSPS) is 24.7. The molecule has 1 aromatic carbocycles. The van der Waals surface area contributed by atoms with Crippen molar-refractivity contribution in [2.45, 2.75) is 51.6 Å². The van der Waals surface area contributed by atoms with Crippen molar-refractivity contribution in [2.75, 3.05) is 13.2 Å². The average Bonchev–Trinajstić information content (AvgIpc) is 3.31. The van der Waals surface area contributed by atoms with Crippen molar-refractivity contribution in [2.24, 2.45) is 5.41 Å². The van der Waals surface area contributed by atoms with E-state index in [-0.39, 0.29) is 24.0 Å². The van der Waals surface area contributed by atoms with Crippen LogP contribution in [0, 0.1) is 5.41 Å². The zero-order chi connectivity index (χ0) is 21.1. The van der Waals surface area contributed by atoms with Gasteiger partial charge in [-0.1, -0.05) is 30.3 Å². The Bertz CT molecular complexity index is 916. The SMILES string of the molecule is CCOC(=O)[C@@]1(Cc2ccccc2)C[C@H]2CC[C@@H]1N2C(=O)c1cccnc1OCC. The second kappa shape index (κ2) is 8.46. The molecular formula is C24H28N2O4. The molecule has 0 saturated carbocycles. The molecule has 6 heteroatoms. The molecule has 1 aromatic heterocycles. The van der Waals surface area contributed by atoms with Gasteiger partial charge in [0.15, 0.2) is 0 Å². The Morgan fingerprint density at radius 1 is 1.10 bits per heavy atom. The van der Waals surface area contributed by atoms with E-state index >= 15 is 0 Å². The lowest BCUT2D eigenvalue weighted by Crippen LogP contribution is -2.47. The van der Waals surface area contributed by atoms with Crippen LogP contribution in [0.5, 0.6) is 5.88 Å². The van der Waals surface area contributed by atoms with Gasteiger partial charge in [-0.15, -0.1) is 0 Å². The van der Waals surface area contributed by atoms with Crippen LogP contribution < -0.4 is 4.74 Å². The Kier molecular flexibility index (Phi) is 5.75. The maximum atomic E-state index is 13.6. The molecule has 30 heavy (non-hydrogen) atoms. The molecule has 2 saturated heterocycles. The number of hydrogen-bond acceptors (Lipinski definition) is 5. The van der Waals surface area contributed by atoms with Crippen LogP contribution in [0.2, 0.25) is 0 Å². The average molecular weight is 408 g/mol. The lowest BCUT2D eigenvalue weighted by Gasteiger charge is -2.35. The largest absolute Gasteiger partial charge is 0.477 e. The standard InChI is InChI=1S/C24H28N2O4/c1-3-29-21-19(11-8-14-25-21)22(27)26-18-12-13-20(26)24(16-18,23(28)30-4-2)15-17-9-6-5-7-10-17/h5-11,14,18,20H,3-4,12-13,15-16H2,1-2H3/t18-,20+,24+/m1/s1. The van der Waals surface area contributed by atoms with Gasteiger partial charge in [-0.3, -0.25) is 9.59 Å². The fourth-order valence-electron chi connectivity index (χ4n) is 5.15. The summed E-state index contributed by atoms with van der Waals surface area (Å²) < 4.78 is 11.1. The van der Waals surface area contributed by atoms with Crippen LogP contribution in [-0.2, 0) is 16.0 Å². The van der Waals surface area contributed by atoms with E-state index in [1.807, 2.05) is 49.1 Å². The van der Waals surface area contributed by atoms with Gasteiger partial charge in [0, 0.05) is 18.3 Å². The number of carbonyl (C=O) groups is 2. The van der Waals surface area contributed by atoms with Crippen LogP contribution in [0.15, 0.2) is 48.7 Å². The highest BCUT2D eigenvalue weighted by Crippen LogP contribution is 2.53. The molecule has 0 unspecified atom stereocenters. The quantitative estimate of drug-likeness (QED) is 0.654. The second-order valence-corrected chi connectivity index (χ2v) is 7.99. The summed E-state index contributed by atoms with van der Waals surface area (Å²) in [6.45, 7) is 4.46. The summed E-state index contributed by atoms with van der Waals surface area (Å²) in [5.74, 6) is 0.0365. The lowest BCUT2D eigenvalue weighted by atomic mass is 9.70. The molecular weight excluding hydrogens is 380 g/mol. The molecule has 0 spiro atoms. The van der Waals surface area contributed by atoms with Crippen molar-refractivity contribution >= 4 is 11.9 Å². The molecule has 0 radical (unpaired) electrons. The topological polar surface area (TPSA) is 68.7 Å². The maximum Gasteiger partial charge on any atom is 0.314 e. The zero-order valence-electron chi connectivity index (χ0n) is 17.5. The van der Waals surface area contributed by atoms with Gasteiger partial charge in [-0.05, 0) is 57.2 Å². The fraction of sp³-hybridized carbons (Fsp3) is 0.458. The van der Waals surface area contributed by atoms with E-state index in [0.717, 1.165) is 18.4 Å². The molecule has 0 N–H and O–H groups in total. The number of fused-ring (bicyclic) bond motifs is 2. The number of nitrogens with zero attached hydrogens (tertiary/aromatic N) is 2. The van der Waals surface area contributed by atoms with Gasteiger partial charge in [0.25, 0.3) is 5.91 Å². The number of amides is 1. The molecule has 2 fully saturated rings. The van der Waals surface area contributed by atoms with Crippen LogP contribution in [0.4, 0.5) is 0 Å². The molecule has 1 amide bonds. The molecule has 3 atom stereocenters. The number of benzene rings is 1. The van der Waals surface area contributed by atoms with E-state index in [0.29, 0.717) is 37.5 Å². The minimum Gasteiger partial charge on any atom is -0.477 e. The van der Waals surface area contributed by atoms with Gasteiger partial charge in [0.1, 0.15) is 5.56 Å². The van der Waals surface area contributed by atoms with Crippen LogP contribution >= 0.6 is 0 Å². The summed E-state index contributed by atoms with van der Waals surface area (Å²) >= 11 is 0. The summed E-state index contributed by atoms with van der Waals surface area (Å²) in [4.78, 5) is 33.0. The van der Waals surface area contributed by atoms with Crippen molar-refractivity contribution in [1.82, 2.24) is 9.88 Å². The first kappa shape index (κ1) is 20.4. The van der Waals surface area contributed by atoms with E-state index in [1.165, 1.54) is 0 Å². The van der Waals surface area contributed by atoms with E-state index < -0.39 is 5.41 Å². The first-order valence-corrected chi connectivity index (χ1v) is 10.7. The molecule has 2 aromatic rings. The number of hydrogen-bond donors (Lipinski definition) is 0. The van der Waals surface area contributed by atoms with Gasteiger partial charge in [-0.2, -0.15) is 0 Å². The number of aromatic nitrogens is 1. The molecule has 2 aliphatic heterocycles. The van der Waals surface area contributed by atoms with Crippen molar-refractivity contribution in [3.63, 3.8) is 0 Å². The Morgan fingerprint density at radius 3 is 2.63 bits per heavy atom. The van der Waals surface area contributed by atoms with Crippen molar-refractivity contribution in [3.8, 4) is 5.88 Å². The van der Waals surface area contributed by atoms with Crippen LogP contribution in [0.1, 0.15) is 49.0 Å². The van der Waals surface area contributed by atoms with Gasteiger partial charge < -0.3 is 14.4 Å². The predicted octanol–water partition coefficient (Wildman–Crippen LogP) is 3.65. The highest BCUT2D eigenvalue weighted by Gasteiger charge is 2.62. The predicted molar refractivity (Wildman–Crippen MR) is 112 cm³/mol. The van der Waals surface area contributed by atoms with E-state index in [4.69, 9.17) is 9.47 Å². The first-order valence-electron chi connectivity index (χ1n) is 10.7. The van der Waals surface area contributed by atoms with Gasteiger partial charge >= 0.3 is 5.97 Å². The van der Waals surface area contributed by atoms with Crippen LogP contribution in [0.3, 0.4) is 0 Å². The van der Waals surface area contributed by atoms with Crippen LogP contribution in [-0.4, -0.2) is 47.1 Å². The van der Waals surface area contributed by atoms with Crippen molar-refractivity contribution < 1.29 is 19.1 Å². The Labute approximate surface area is 177 Å². The van der Waals surface area contributed by atoms with Crippen LogP contribution in [0.25, 0.3) is 0 Å². The molecule has 158 valence electrons. The Morgan fingerprint density at radius 2 is 1.90 bits per heavy atom. The first-order chi connectivity index (χ1) is 14.6. The number of pyridine rings is 1. The molecule has 2 bridgehead atoms. The monoisotopic (exact) mass is 408 g/mol. The summed E-state index contributed by atoms with van der Waals surface area (Å²) in [7, 11) is 0.